The highest BCUT2D eigenvalue weighted by molar-refractivity contribution is 5.72. The van der Waals surface area contributed by atoms with E-state index in [1.807, 2.05) is 0 Å². The van der Waals surface area contributed by atoms with Gasteiger partial charge in [-0.15, -0.1) is 0 Å². The van der Waals surface area contributed by atoms with Gasteiger partial charge in [0.05, 0.1) is 20.1 Å². The Morgan fingerprint density at radius 2 is 2.30 bits per heavy atom. The van der Waals surface area contributed by atoms with Gasteiger partial charge in [0.2, 0.25) is 5.91 Å². The molecule has 0 saturated carbocycles. The third-order valence-corrected chi connectivity index (χ3v) is 0.909. The summed E-state index contributed by atoms with van der Waals surface area (Å²) < 4.78 is 5.06. The highest BCUT2D eigenvalue weighted by Crippen LogP contribution is 1.77. The van der Waals surface area contributed by atoms with Gasteiger partial charge in [0.15, 0.2) is 0 Å². The highest BCUT2D eigenvalue weighted by Gasteiger charge is 1.90. The van der Waals surface area contributed by atoms with Crippen LogP contribution in [-0.4, -0.2) is 25.7 Å². The summed E-state index contributed by atoms with van der Waals surface area (Å²) in [6.45, 7) is 6.93. The molecule has 0 bridgehead atoms. The van der Waals surface area contributed by atoms with E-state index in [4.69, 9.17) is 4.74 Å². The fourth-order valence-corrected chi connectivity index (χ4v) is 0.503. The fraction of sp³-hybridized carbons (Fsp3) is 0.714. The van der Waals surface area contributed by atoms with Gasteiger partial charge in [-0.2, -0.15) is 0 Å². The van der Waals surface area contributed by atoms with Gasteiger partial charge >= 0.3 is 0 Å². The molecule has 1 N–H and O–H groups in total. The average Bonchev–Trinajstić information content (AvgIpc) is 1.87. The van der Waals surface area contributed by atoms with E-state index in [9.17, 15) is 4.79 Å². The molecule has 0 aromatic rings. The maximum Gasteiger partial charge on any atom is 0.216 e. The molecule has 0 saturated heterocycles. The molecule has 0 unspecified atom stereocenters. The number of hydrogen-bond acceptors (Lipinski definition) is 2. The van der Waals surface area contributed by atoms with Gasteiger partial charge in [0.25, 0.3) is 0 Å². The minimum Gasteiger partial charge on any atom is -0.375 e. The Hall–Kier alpha value is -0.700. The minimum absolute atomic E-state index is 0.0155. The Kier molecular flexibility index (Phi) is 5.97. The third kappa shape index (κ3) is 7.30. The molecule has 1 amide bonds. The predicted octanol–water partition coefficient (Wildman–Crippen LogP) is 0.363. The lowest BCUT2D eigenvalue weighted by Crippen LogP contribution is -2.24. The third-order valence-electron chi connectivity index (χ3n) is 0.909. The van der Waals surface area contributed by atoms with Gasteiger partial charge < -0.3 is 10.1 Å². The van der Waals surface area contributed by atoms with E-state index in [0.717, 1.165) is 6.42 Å². The molecule has 0 radical (unpaired) electrons. The molecular weight excluding hydrogens is 130 g/mol. The van der Waals surface area contributed by atoms with Crippen molar-refractivity contribution < 1.29 is 9.53 Å². The molecule has 0 aliphatic heterocycles. The van der Waals surface area contributed by atoms with E-state index >= 15 is 0 Å². The van der Waals surface area contributed by atoms with Crippen LogP contribution in [0.15, 0.2) is 0 Å². The van der Waals surface area contributed by atoms with Crippen LogP contribution in [0.4, 0.5) is 0 Å². The van der Waals surface area contributed by atoms with Crippen molar-refractivity contribution in [2.24, 2.45) is 0 Å². The van der Waals surface area contributed by atoms with Crippen LogP contribution in [0.5, 0.6) is 0 Å². The first-order chi connectivity index (χ1) is 4.77. The van der Waals surface area contributed by atoms with Crippen LogP contribution in [0.2, 0.25) is 0 Å². The number of ether oxygens (including phenoxy) is 1. The van der Waals surface area contributed by atoms with E-state index in [1.54, 1.807) is 0 Å². The van der Waals surface area contributed by atoms with Crippen LogP contribution in [0, 0.1) is 6.92 Å². The van der Waals surface area contributed by atoms with Gasteiger partial charge in [-0.25, -0.2) is 0 Å². The molecule has 0 aromatic carbocycles. The van der Waals surface area contributed by atoms with Crippen molar-refractivity contribution in [1.82, 2.24) is 5.32 Å². The second kappa shape index (κ2) is 6.42. The normalized spacial score (nSPS) is 9.30. The Bertz CT molecular complexity index is 93.6. The summed E-state index contributed by atoms with van der Waals surface area (Å²) in [5.74, 6) is -0.0155. The molecule has 3 heteroatoms. The van der Waals surface area contributed by atoms with Crippen molar-refractivity contribution in [2.75, 3.05) is 19.8 Å². The Balaban J connectivity index is 2.84. The lowest BCUT2D eigenvalue weighted by atomic mass is 10.5. The highest BCUT2D eigenvalue weighted by atomic mass is 16.5. The molecular formula is C7H14NO2+. The maximum absolute atomic E-state index is 10.3. The summed E-state index contributed by atoms with van der Waals surface area (Å²) in [4.78, 5) is 10.3. The van der Waals surface area contributed by atoms with Crippen LogP contribution in [-0.2, 0) is 9.53 Å². The molecule has 58 valence electrons. The first-order valence-corrected chi connectivity index (χ1v) is 3.39. The van der Waals surface area contributed by atoms with E-state index < -0.39 is 0 Å². The first kappa shape index (κ1) is 9.30. The number of hydrogen-bond donors (Lipinski definition) is 1. The van der Waals surface area contributed by atoms with Crippen molar-refractivity contribution in [3.63, 3.8) is 0 Å². The monoisotopic (exact) mass is 144 g/mol. The van der Waals surface area contributed by atoms with Crippen molar-refractivity contribution in [1.29, 1.82) is 0 Å². The van der Waals surface area contributed by atoms with Crippen LogP contribution < -0.4 is 5.32 Å². The summed E-state index contributed by atoms with van der Waals surface area (Å²) in [7, 11) is 0. The van der Waals surface area contributed by atoms with Crippen LogP contribution >= 0.6 is 0 Å². The van der Waals surface area contributed by atoms with Gasteiger partial charge in [-0.1, -0.05) is 0 Å². The molecule has 0 atom stereocenters. The zero-order valence-electron chi connectivity index (χ0n) is 6.35. The summed E-state index contributed by atoms with van der Waals surface area (Å²) >= 11 is 0. The van der Waals surface area contributed by atoms with Crippen LogP contribution in [0.1, 0.15) is 13.3 Å². The molecule has 3 nitrogen and oxygen atoms in total. The summed E-state index contributed by atoms with van der Waals surface area (Å²) in [6, 6.07) is 0. The standard InChI is InChI=1S/C7H13NO2/c1-3-5-10-6-4-8-7(2)9/h1,3-6H2,2H3/p+1. The summed E-state index contributed by atoms with van der Waals surface area (Å²) in [5.41, 5.74) is 0. The predicted molar refractivity (Wildman–Crippen MR) is 39.5 cm³/mol. The van der Waals surface area contributed by atoms with Crippen molar-refractivity contribution in [2.45, 2.75) is 13.3 Å². The molecule has 0 aliphatic rings. The summed E-state index contributed by atoms with van der Waals surface area (Å²) in [6.07, 6.45) is 0.778. The first-order valence-electron chi connectivity index (χ1n) is 3.39. The van der Waals surface area contributed by atoms with E-state index in [1.165, 1.54) is 6.92 Å². The van der Waals surface area contributed by atoms with E-state index in [0.29, 0.717) is 19.8 Å². The average molecular weight is 144 g/mol. The molecule has 0 fully saturated rings. The molecule has 0 heterocycles. The largest absolute Gasteiger partial charge is 0.375 e. The lowest BCUT2D eigenvalue weighted by molar-refractivity contribution is -0.119. The van der Waals surface area contributed by atoms with Crippen LogP contribution in [0.25, 0.3) is 0 Å². The number of amides is 1. The maximum atomic E-state index is 10.3. The Morgan fingerprint density at radius 1 is 1.60 bits per heavy atom. The molecule has 0 aliphatic carbocycles. The molecule has 0 spiro atoms. The number of rotatable bonds is 5. The van der Waals surface area contributed by atoms with Crippen molar-refractivity contribution in [3.05, 3.63) is 6.92 Å². The fourth-order valence-electron chi connectivity index (χ4n) is 0.503. The summed E-state index contributed by atoms with van der Waals surface area (Å²) in [5, 5.41) is 2.62. The van der Waals surface area contributed by atoms with Gasteiger partial charge in [-0.05, 0) is 0 Å². The quantitative estimate of drug-likeness (QED) is 0.447. The number of nitrogens with one attached hydrogen (secondary N) is 1. The van der Waals surface area contributed by atoms with Gasteiger partial charge in [0, 0.05) is 13.5 Å². The van der Waals surface area contributed by atoms with Crippen molar-refractivity contribution in [3.8, 4) is 0 Å². The molecule has 0 aromatic heterocycles. The number of carbonyl (C=O) groups excluding carboxylic acids is 1. The van der Waals surface area contributed by atoms with Gasteiger partial charge in [-0.3, -0.25) is 4.79 Å². The van der Waals surface area contributed by atoms with Crippen molar-refractivity contribution >= 4 is 5.91 Å². The zero-order valence-corrected chi connectivity index (χ0v) is 6.35. The molecule has 0 rings (SSSR count). The van der Waals surface area contributed by atoms with E-state index in [-0.39, 0.29) is 5.91 Å². The molecule has 10 heavy (non-hydrogen) atoms. The topological polar surface area (TPSA) is 38.3 Å². The second-order valence-electron chi connectivity index (χ2n) is 1.95. The lowest BCUT2D eigenvalue weighted by Gasteiger charge is -2.00. The van der Waals surface area contributed by atoms with E-state index in [2.05, 4.69) is 12.2 Å². The zero-order chi connectivity index (χ0) is 7.82. The Labute approximate surface area is 61.8 Å². The SMILES string of the molecule is [CH2+]CCOCCNC(C)=O. The van der Waals surface area contributed by atoms with Gasteiger partial charge in [0.1, 0.15) is 6.42 Å². The minimum atomic E-state index is -0.0155. The second-order valence-corrected chi connectivity index (χ2v) is 1.95. The van der Waals surface area contributed by atoms with Crippen LogP contribution in [0.3, 0.4) is 0 Å². The number of carbonyl (C=O) groups is 1. The Morgan fingerprint density at radius 3 is 2.80 bits per heavy atom. The smallest absolute Gasteiger partial charge is 0.216 e.